The van der Waals surface area contributed by atoms with Crippen molar-refractivity contribution in [1.29, 1.82) is 0 Å². The summed E-state index contributed by atoms with van der Waals surface area (Å²) in [6.45, 7) is 0. The van der Waals surface area contributed by atoms with Gasteiger partial charge in [0.05, 0.1) is 0 Å². The highest BCUT2D eigenvalue weighted by molar-refractivity contribution is 8.00. The van der Waals surface area contributed by atoms with Crippen LogP contribution < -0.4 is 25.6 Å². The molecule has 0 saturated carbocycles. The van der Waals surface area contributed by atoms with E-state index in [1.807, 2.05) is 11.8 Å². The standard InChI is InChI=1S/C46H31NSSi/c1-2-15-34(16-3-1)47(35-27-25-33(26-28-35)38-19-12-14-32-13-4-5-17-37(32)38)36-29-30-40-39-18-6-9-22-43(39)49(46(40)31-36)44-23-10-7-20-41(44)48-42-21-8-11-24-45(42)49/h1-31H. The van der Waals surface area contributed by atoms with Crippen LogP contribution in [-0.4, -0.2) is 8.07 Å². The quantitative estimate of drug-likeness (QED) is 0.173. The highest BCUT2D eigenvalue weighted by Crippen LogP contribution is 2.41. The molecule has 0 aliphatic carbocycles. The van der Waals surface area contributed by atoms with E-state index in [9.17, 15) is 0 Å². The number of hydrogen-bond acceptors (Lipinski definition) is 2. The van der Waals surface area contributed by atoms with Crippen LogP contribution in [0.4, 0.5) is 17.1 Å². The van der Waals surface area contributed by atoms with Gasteiger partial charge in [-0.05, 0) is 102 Å². The van der Waals surface area contributed by atoms with Crippen LogP contribution in [0.1, 0.15) is 0 Å². The Morgan fingerprint density at radius 1 is 0.367 bits per heavy atom. The summed E-state index contributed by atoms with van der Waals surface area (Å²) < 4.78 is 0. The summed E-state index contributed by atoms with van der Waals surface area (Å²) in [5.41, 5.74) is 8.67. The van der Waals surface area contributed by atoms with E-state index < -0.39 is 8.07 Å². The summed E-state index contributed by atoms with van der Waals surface area (Å²) in [5, 5.41) is 8.49. The molecule has 1 nitrogen and oxygen atoms in total. The fourth-order valence-corrected chi connectivity index (χ4v) is 15.7. The molecule has 2 heterocycles. The molecule has 0 fully saturated rings. The summed E-state index contributed by atoms with van der Waals surface area (Å²) in [7, 11) is -2.61. The number of anilines is 3. The third-order valence-corrected chi connectivity index (χ3v) is 16.8. The van der Waals surface area contributed by atoms with Gasteiger partial charge < -0.3 is 4.90 Å². The Morgan fingerprint density at radius 3 is 1.69 bits per heavy atom. The van der Waals surface area contributed by atoms with Crippen LogP contribution >= 0.6 is 11.8 Å². The van der Waals surface area contributed by atoms with Crippen molar-refractivity contribution in [2.45, 2.75) is 9.79 Å². The Bertz CT molecular complexity index is 2490. The third-order valence-electron chi connectivity index (χ3n) is 10.3. The summed E-state index contributed by atoms with van der Waals surface area (Å²) in [6.07, 6.45) is 0. The normalized spacial score (nSPS) is 13.4. The van der Waals surface area contributed by atoms with E-state index in [-0.39, 0.29) is 0 Å². The van der Waals surface area contributed by atoms with Crippen molar-refractivity contribution in [3.8, 4) is 22.3 Å². The SMILES string of the molecule is c1ccc(N(c2ccc(-c3cccc4ccccc34)cc2)c2ccc3c(c2)[Si]2(c4ccccc4Sc4ccccc42)c2ccccc2-3)cc1. The van der Waals surface area contributed by atoms with E-state index in [0.29, 0.717) is 0 Å². The molecule has 0 amide bonds. The van der Waals surface area contributed by atoms with Crippen molar-refractivity contribution >= 4 is 68.4 Å². The molecule has 8 aromatic carbocycles. The highest BCUT2D eigenvalue weighted by Gasteiger charge is 2.52. The number of para-hydroxylation sites is 1. The van der Waals surface area contributed by atoms with E-state index in [0.717, 1.165) is 11.4 Å². The zero-order valence-electron chi connectivity index (χ0n) is 26.8. The highest BCUT2D eigenvalue weighted by atomic mass is 32.2. The van der Waals surface area contributed by atoms with Crippen molar-refractivity contribution in [3.63, 3.8) is 0 Å². The average molecular weight is 658 g/mol. The Balaban J connectivity index is 1.19. The molecule has 10 rings (SSSR count). The summed E-state index contributed by atoms with van der Waals surface area (Å²) >= 11 is 1.92. The van der Waals surface area contributed by atoms with Crippen LogP contribution in [-0.2, 0) is 0 Å². The molecule has 230 valence electrons. The van der Waals surface area contributed by atoms with Crippen molar-refractivity contribution < 1.29 is 0 Å². The van der Waals surface area contributed by atoms with Crippen molar-refractivity contribution in [2.24, 2.45) is 0 Å². The maximum atomic E-state index is 2.52. The largest absolute Gasteiger partial charge is 0.311 e. The first-order valence-electron chi connectivity index (χ1n) is 16.9. The second kappa shape index (κ2) is 11.2. The van der Waals surface area contributed by atoms with Gasteiger partial charge in [-0.25, -0.2) is 0 Å². The smallest absolute Gasteiger partial charge is 0.183 e. The molecule has 49 heavy (non-hydrogen) atoms. The van der Waals surface area contributed by atoms with Gasteiger partial charge in [0.1, 0.15) is 0 Å². The van der Waals surface area contributed by atoms with Gasteiger partial charge in [0.2, 0.25) is 0 Å². The van der Waals surface area contributed by atoms with Crippen LogP contribution in [0.25, 0.3) is 33.0 Å². The van der Waals surface area contributed by atoms with Gasteiger partial charge in [-0.3, -0.25) is 0 Å². The van der Waals surface area contributed by atoms with Gasteiger partial charge in [-0.15, -0.1) is 0 Å². The number of benzene rings is 8. The average Bonchev–Trinajstić information content (AvgIpc) is 3.46. The predicted molar refractivity (Wildman–Crippen MR) is 211 cm³/mol. The second-order valence-electron chi connectivity index (χ2n) is 12.9. The van der Waals surface area contributed by atoms with E-state index in [2.05, 4.69) is 193 Å². The monoisotopic (exact) mass is 657 g/mol. The summed E-state index contributed by atoms with van der Waals surface area (Å²) in [4.78, 5) is 5.18. The molecule has 0 bridgehead atoms. The molecule has 0 saturated heterocycles. The molecule has 8 aromatic rings. The molecule has 0 unspecified atom stereocenters. The zero-order valence-corrected chi connectivity index (χ0v) is 28.6. The van der Waals surface area contributed by atoms with Crippen molar-refractivity contribution in [2.75, 3.05) is 4.90 Å². The minimum Gasteiger partial charge on any atom is -0.311 e. The fourth-order valence-electron chi connectivity index (χ4n) is 8.27. The molecule has 3 heteroatoms. The van der Waals surface area contributed by atoms with Crippen LogP contribution in [0.3, 0.4) is 0 Å². The van der Waals surface area contributed by atoms with Crippen LogP contribution in [0.15, 0.2) is 198 Å². The lowest BCUT2D eigenvalue weighted by Gasteiger charge is -2.38. The van der Waals surface area contributed by atoms with Gasteiger partial charge in [0.15, 0.2) is 8.07 Å². The lowest BCUT2D eigenvalue weighted by molar-refractivity contribution is 1.29. The summed E-state index contributed by atoms with van der Waals surface area (Å²) in [6, 6.07) is 69.9. The Labute approximate surface area is 292 Å². The first-order valence-corrected chi connectivity index (χ1v) is 19.7. The van der Waals surface area contributed by atoms with Gasteiger partial charge in [0, 0.05) is 26.9 Å². The van der Waals surface area contributed by atoms with E-state index >= 15 is 0 Å². The molecule has 0 atom stereocenters. The minimum atomic E-state index is -2.61. The number of nitrogens with zero attached hydrogens (tertiary/aromatic N) is 1. The van der Waals surface area contributed by atoms with E-state index in [1.54, 1.807) is 0 Å². The summed E-state index contributed by atoms with van der Waals surface area (Å²) in [5.74, 6) is 0. The van der Waals surface area contributed by atoms with Crippen LogP contribution in [0.5, 0.6) is 0 Å². The molecule has 2 aliphatic rings. The lowest BCUT2D eigenvalue weighted by atomic mass is 9.98. The maximum absolute atomic E-state index is 2.61. The molecule has 0 N–H and O–H groups in total. The Kier molecular flexibility index (Phi) is 6.51. The molecule has 1 spiro atoms. The third kappa shape index (κ3) is 4.26. The first-order chi connectivity index (χ1) is 24.3. The maximum Gasteiger partial charge on any atom is 0.183 e. The van der Waals surface area contributed by atoms with Gasteiger partial charge >= 0.3 is 0 Å². The van der Waals surface area contributed by atoms with E-state index in [4.69, 9.17) is 0 Å². The lowest BCUT2D eigenvalue weighted by Crippen LogP contribution is -2.74. The number of hydrogen-bond donors (Lipinski definition) is 0. The first kappa shape index (κ1) is 28.4. The van der Waals surface area contributed by atoms with Gasteiger partial charge in [-0.2, -0.15) is 0 Å². The van der Waals surface area contributed by atoms with Crippen LogP contribution in [0.2, 0.25) is 0 Å². The molecule has 2 aliphatic heterocycles. The number of fused-ring (bicyclic) bond motifs is 10. The van der Waals surface area contributed by atoms with Gasteiger partial charge in [0.25, 0.3) is 0 Å². The zero-order chi connectivity index (χ0) is 32.4. The molecule has 0 aromatic heterocycles. The van der Waals surface area contributed by atoms with Crippen LogP contribution in [0, 0.1) is 0 Å². The van der Waals surface area contributed by atoms with E-state index in [1.165, 1.54) is 69.3 Å². The van der Waals surface area contributed by atoms with Crippen molar-refractivity contribution in [3.05, 3.63) is 188 Å². The predicted octanol–water partition coefficient (Wildman–Crippen LogP) is 9.80. The van der Waals surface area contributed by atoms with Gasteiger partial charge in [-0.1, -0.05) is 151 Å². The molecular weight excluding hydrogens is 627 g/mol. The fraction of sp³-hybridized carbons (Fsp3) is 0. The van der Waals surface area contributed by atoms with Crippen molar-refractivity contribution in [1.82, 2.24) is 0 Å². The Morgan fingerprint density at radius 2 is 0.918 bits per heavy atom. The topological polar surface area (TPSA) is 3.24 Å². The molecule has 0 radical (unpaired) electrons. The Hall–Kier alpha value is -5.61. The minimum absolute atomic E-state index is 1.14. The number of rotatable bonds is 4. The molecular formula is C46H31NSSi. The second-order valence-corrected chi connectivity index (χ2v) is 17.6.